The number of carbonyl (C=O) groups excluding carboxylic acids is 1. The lowest BCUT2D eigenvalue weighted by Crippen LogP contribution is -2.36. The Labute approximate surface area is 148 Å². The van der Waals surface area contributed by atoms with Gasteiger partial charge in [-0.15, -0.1) is 0 Å². The Bertz CT molecular complexity index is 690. The van der Waals surface area contributed by atoms with Crippen molar-refractivity contribution in [1.29, 1.82) is 0 Å². The molecule has 1 aliphatic rings. The fraction of sp³-hybridized carbons (Fsp3) is 0.350. The van der Waals surface area contributed by atoms with Crippen LogP contribution in [0.2, 0.25) is 0 Å². The number of hydrogen-bond donors (Lipinski definition) is 1. The van der Waals surface area contributed by atoms with Crippen molar-refractivity contribution in [2.24, 2.45) is 0 Å². The Morgan fingerprint density at radius 1 is 1.00 bits per heavy atom. The van der Waals surface area contributed by atoms with Gasteiger partial charge in [-0.05, 0) is 61.4 Å². The second-order valence-electron chi connectivity index (χ2n) is 6.15. The quantitative estimate of drug-likeness (QED) is 0.904. The largest absolute Gasteiger partial charge is 0.497 e. The average Bonchev–Trinajstić information content (AvgIpc) is 2.68. The molecule has 0 saturated carbocycles. The predicted octanol–water partition coefficient (Wildman–Crippen LogP) is 3.56. The summed E-state index contributed by atoms with van der Waals surface area (Å²) in [5, 5.41) is 2.92. The van der Waals surface area contributed by atoms with Crippen LogP contribution in [0.5, 0.6) is 5.75 Å². The molecule has 132 valence electrons. The van der Waals surface area contributed by atoms with Gasteiger partial charge in [-0.1, -0.05) is 0 Å². The van der Waals surface area contributed by atoms with E-state index in [0.29, 0.717) is 11.7 Å². The maximum absolute atomic E-state index is 12.3. The van der Waals surface area contributed by atoms with Gasteiger partial charge in [0.15, 0.2) is 0 Å². The number of ether oxygens (including phenoxy) is 2. The molecule has 1 fully saturated rings. The molecule has 2 aromatic rings. The fourth-order valence-corrected chi connectivity index (χ4v) is 3.05. The number of rotatable bonds is 5. The van der Waals surface area contributed by atoms with E-state index >= 15 is 0 Å². The highest BCUT2D eigenvalue weighted by molar-refractivity contribution is 6.04. The molecule has 25 heavy (non-hydrogen) atoms. The summed E-state index contributed by atoms with van der Waals surface area (Å²) in [5.41, 5.74) is 2.57. The van der Waals surface area contributed by atoms with E-state index in [1.54, 1.807) is 38.5 Å². The minimum atomic E-state index is -0.128. The van der Waals surface area contributed by atoms with E-state index in [1.807, 2.05) is 12.1 Å². The molecular formula is C20H24N2O3. The normalized spacial score (nSPS) is 15.0. The smallest absolute Gasteiger partial charge is 0.255 e. The molecule has 0 bridgehead atoms. The second-order valence-corrected chi connectivity index (χ2v) is 6.15. The first-order valence-corrected chi connectivity index (χ1v) is 8.53. The first-order chi connectivity index (χ1) is 12.2. The maximum Gasteiger partial charge on any atom is 0.255 e. The topological polar surface area (TPSA) is 50.8 Å². The third-order valence-electron chi connectivity index (χ3n) is 4.62. The van der Waals surface area contributed by atoms with Gasteiger partial charge < -0.3 is 19.7 Å². The summed E-state index contributed by atoms with van der Waals surface area (Å²) >= 11 is 0. The van der Waals surface area contributed by atoms with Gasteiger partial charge in [0, 0.05) is 37.1 Å². The van der Waals surface area contributed by atoms with E-state index in [4.69, 9.17) is 9.47 Å². The van der Waals surface area contributed by atoms with Gasteiger partial charge in [0.25, 0.3) is 5.91 Å². The predicted molar refractivity (Wildman–Crippen MR) is 99.6 cm³/mol. The summed E-state index contributed by atoms with van der Waals surface area (Å²) < 4.78 is 10.5. The number of carbonyl (C=O) groups is 1. The van der Waals surface area contributed by atoms with Gasteiger partial charge >= 0.3 is 0 Å². The molecule has 1 aliphatic heterocycles. The van der Waals surface area contributed by atoms with E-state index in [-0.39, 0.29) is 5.91 Å². The summed E-state index contributed by atoms with van der Waals surface area (Å²) in [4.78, 5) is 14.6. The van der Waals surface area contributed by atoms with Crippen LogP contribution < -0.4 is 15.0 Å². The second kappa shape index (κ2) is 8.03. The van der Waals surface area contributed by atoms with Crippen molar-refractivity contribution >= 4 is 17.3 Å². The third-order valence-corrected chi connectivity index (χ3v) is 4.62. The van der Waals surface area contributed by atoms with Crippen molar-refractivity contribution in [2.75, 3.05) is 37.5 Å². The van der Waals surface area contributed by atoms with Crippen LogP contribution in [-0.4, -0.2) is 39.3 Å². The van der Waals surface area contributed by atoms with Gasteiger partial charge in [0.1, 0.15) is 5.75 Å². The summed E-state index contributed by atoms with van der Waals surface area (Å²) in [6.45, 7) is 1.99. The number of methoxy groups -OCH3 is 2. The van der Waals surface area contributed by atoms with Crippen LogP contribution in [0.25, 0.3) is 0 Å². The van der Waals surface area contributed by atoms with Crippen LogP contribution >= 0.6 is 0 Å². The Kier molecular flexibility index (Phi) is 5.56. The third kappa shape index (κ3) is 4.31. The Balaban J connectivity index is 1.59. The molecule has 1 N–H and O–H groups in total. The lowest BCUT2D eigenvalue weighted by atomic mass is 10.1. The number of benzene rings is 2. The number of amides is 1. The van der Waals surface area contributed by atoms with Crippen molar-refractivity contribution in [3.63, 3.8) is 0 Å². The molecule has 0 unspecified atom stereocenters. The van der Waals surface area contributed by atoms with Crippen LogP contribution in [0, 0.1) is 0 Å². The van der Waals surface area contributed by atoms with Crippen LogP contribution in [0.3, 0.4) is 0 Å². The lowest BCUT2D eigenvalue weighted by Gasteiger charge is -2.33. The summed E-state index contributed by atoms with van der Waals surface area (Å²) in [6.07, 6.45) is 2.47. The molecule has 0 aromatic heterocycles. The molecule has 5 nitrogen and oxygen atoms in total. The zero-order valence-corrected chi connectivity index (χ0v) is 14.7. The number of anilines is 2. The molecule has 1 heterocycles. The van der Waals surface area contributed by atoms with E-state index < -0.39 is 0 Å². The van der Waals surface area contributed by atoms with Gasteiger partial charge in [-0.2, -0.15) is 0 Å². The Morgan fingerprint density at radius 3 is 2.20 bits per heavy atom. The molecule has 3 rings (SSSR count). The van der Waals surface area contributed by atoms with Gasteiger partial charge in [0.05, 0.1) is 13.2 Å². The molecule has 1 saturated heterocycles. The highest BCUT2D eigenvalue weighted by atomic mass is 16.5. The van der Waals surface area contributed by atoms with Crippen molar-refractivity contribution in [3.05, 3.63) is 54.1 Å². The molecule has 0 atom stereocenters. The SMILES string of the molecule is COc1ccc(C(=O)Nc2ccc(N3CCC(OC)CC3)cc2)cc1. The van der Waals surface area contributed by atoms with Crippen LogP contribution in [0.1, 0.15) is 23.2 Å². The standard InChI is InChI=1S/C20H24N2O3/c1-24-18-9-3-15(4-10-18)20(23)21-16-5-7-17(8-6-16)22-13-11-19(25-2)12-14-22/h3-10,19H,11-14H2,1-2H3,(H,21,23). The van der Waals surface area contributed by atoms with Crippen LogP contribution in [0.15, 0.2) is 48.5 Å². The minimum Gasteiger partial charge on any atom is -0.497 e. The van der Waals surface area contributed by atoms with Gasteiger partial charge in [-0.25, -0.2) is 0 Å². The van der Waals surface area contributed by atoms with Crippen LogP contribution in [0.4, 0.5) is 11.4 Å². The number of piperidine rings is 1. The molecule has 2 aromatic carbocycles. The van der Waals surface area contributed by atoms with Gasteiger partial charge in [0.2, 0.25) is 0 Å². The maximum atomic E-state index is 12.3. The van der Waals surface area contributed by atoms with E-state index in [2.05, 4.69) is 22.3 Å². The zero-order valence-electron chi connectivity index (χ0n) is 14.7. The number of nitrogens with one attached hydrogen (secondary N) is 1. The van der Waals surface area contributed by atoms with Crippen molar-refractivity contribution < 1.29 is 14.3 Å². The van der Waals surface area contributed by atoms with E-state index in [0.717, 1.165) is 37.4 Å². The summed E-state index contributed by atoms with van der Waals surface area (Å²) in [7, 11) is 3.38. The highest BCUT2D eigenvalue weighted by Gasteiger charge is 2.18. The fourth-order valence-electron chi connectivity index (χ4n) is 3.05. The molecule has 0 aliphatic carbocycles. The van der Waals surface area contributed by atoms with Crippen LogP contribution in [-0.2, 0) is 4.74 Å². The monoisotopic (exact) mass is 340 g/mol. The first-order valence-electron chi connectivity index (χ1n) is 8.53. The molecular weight excluding hydrogens is 316 g/mol. The van der Waals surface area contributed by atoms with Gasteiger partial charge in [-0.3, -0.25) is 4.79 Å². The molecule has 5 heteroatoms. The van der Waals surface area contributed by atoms with Crippen molar-refractivity contribution in [1.82, 2.24) is 0 Å². The van der Waals surface area contributed by atoms with E-state index in [1.165, 1.54) is 5.69 Å². The number of nitrogens with zero attached hydrogens (tertiary/aromatic N) is 1. The molecule has 0 spiro atoms. The zero-order chi connectivity index (χ0) is 17.6. The summed E-state index contributed by atoms with van der Waals surface area (Å²) in [5.74, 6) is 0.606. The number of hydrogen-bond acceptors (Lipinski definition) is 4. The van der Waals surface area contributed by atoms with Crippen molar-refractivity contribution in [2.45, 2.75) is 18.9 Å². The minimum absolute atomic E-state index is 0.128. The Hall–Kier alpha value is -2.53. The Morgan fingerprint density at radius 2 is 1.64 bits per heavy atom. The summed E-state index contributed by atoms with van der Waals surface area (Å²) in [6, 6.07) is 15.1. The lowest BCUT2D eigenvalue weighted by molar-refractivity contribution is 0.0819. The average molecular weight is 340 g/mol. The molecule has 1 amide bonds. The first kappa shape index (κ1) is 17.3. The molecule has 0 radical (unpaired) electrons. The van der Waals surface area contributed by atoms with E-state index in [9.17, 15) is 4.79 Å². The van der Waals surface area contributed by atoms with Crippen molar-refractivity contribution in [3.8, 4) is 5.75 Å². The highest BCUT2D eigenvalue weighted by Crippen LogP contribution is 2.23.